The minimum Gasteiger partial charge on any atom is -0.323 e. The van der Waals surface area contributed by atoms with Crippen LogP contribution in [-0.4, -0.2) is 28.7 Å². The van der Waals surface area contributed by atoms with Crippen LogP contribution in [0.15, 0.2) is 60.7 Å². The number of imide groups is 1. The normalized spacial score (nSPS) is 30.7. The number of alkyl halides is 3. The summed E-state index contributed by atoms with van der Waals surface area (Å²) in [6.07, 6.45) is 0.511. The molecule has 3 fully saturated rings. The van der Waals surface area contributed by atoms with E-state index in [1.54, 1.807) is 30.3 Å². The number of carbonyl (C=O) groups excluding carboxylic acids is 3. The summed E-state index contributed by atoms with van der Waals surface area (Å²) in [5.74, 6) is -1.69. The number of amides is 3. The summed E-state index contributed by atoms with van der Waals surface area (Å²) < 4.78 is 39.8. The van der Waals surface area contributed by atoms with Crippen molar-refractivity contribution in [2.75, 3.05) is 5.32 Å². The highest BCUT2D eigenvalue weighted by molar-refractivity contribution is 6.33. The Morgan fingerprint density at radius 3 is 2.19 bits per heavy atom. The lowest BCUT2D eigenvalue weighted by Gasteiger charge is -2.37. The van der Waals surface area contributed by atoms with Gasteiger partial charge in [-0.25, -0.2) is 0 Å². The molecule has 0 spiro atoms. The van der Waals surface area contributed by atoms with E-state index < -0.39 is 35.5 Å². The number of carbonyl (C=O) groups is 3. The van der Waals surface area contributed by atoms with Crippen molar-refractivity contribution < 1.29 is 27.6 Å². The standard InChI is InChI=1S/C27H22ClF3N2O3/c28-19-9-6-14(27(29,30)31)11-20(19)32-24(34)21(10-13-4-2-1-3-5-13)33-25(35)22-15-7-8-16(18-12-17(15)18)23(22)26(33)36/h1-9,11,15-18,21-23H,10,12H2,(H,32,34)/t15-,16-,17-,18-,21-,22-,23+/m1/s1. The fourth-order valence-electron chi connectivity index (χ4n) is 6.44. The molecular formula is C27H22ClF3N2O3. The molecule has 4 aliphatic carbocycles. The van der Waals surface area contributed by atoms with Gasteiger partial charge in [-0.2, -0.15) is 13.2 Å². The smallest absolute Gasteiger partial charge is 0.323 e. The molecular weight excluding hydrogens is 493 g/mol. The number of allylic oxidation sites excluding steroid dienone is 2. The average Bonchev–Trinajstić information content (AvgIpc) is 3.62. The Bertz CT molecular complexity index is 1260. The van der Waals surface area contributed by atoms with Gasteiger partial charge < -0.3 is 5.32 Å². The fourth-order valence-corrected chi connectivity index (χ4v) is 6.60. The van der Waals surface area contributed by atoms with Gasteiger partial charge in [-0.05, 0) is 53.9 Å². The van der Waals surface area contributed by atoms with Crippen LogP contribution in [0.4, 0.5) is 18.9 Å². The van der Waals surface area contributed by atoms with Crippen LogP contribution in [0.3, 0.4) is 0 Å². The molecule has 5 aliphatic rings. The molecule has 7 atom stereocenters. The van der Waals surface area contributed by atoms with E-state index in [1.807, 2.05) is 12.2 Å². The number of anilines is 1. The summed E-state index contributed by atoms with van der Waals surface area (Å²) >= 11 is 6.10. The molecule has 0 unspecified atom stereocenters. The maximum atomic E-state index is 13.7. The molecule has 2 bridgehead atoms. The molecule has 186 valence electrons. The Labute approximate surface area is 210 Å². The summed E-state index contributed by atoms with van der Waals surface area (Å²) in [4.78, 5) is 41.9. The number of halogens is 4. The van der Waals surface area contributed by atoms with Crippen molar-refractivity contribution in [2.45, 2.75) is 25.1 Å². The van der Waals surface area contributed by atoms with E-state index in [0.29, 0.717) is 17.4 Å². The molecule has 0 radical (unpaired) electrons. The van der Waals surface area contributed by atoms with Gasteiger partial charge in [-0.3, -0.25) is 19.3 Å². The maximum Gasteiger partial charge on any atom is 0.416 e. The highest BCUT2D eigenvalue weighted by atomic mass is 35.5. The van der Waals surface area contributed by atoms with Gasteiger partial charge in [0.05, 0.1) is 28.1 Å². The zero-order chi connectivity index (χ0) is 25.4. The summed E-state index contributed by atoms with van der Waals surface area (Å²) in [6.45, 7) is 0. The number of benzene rings is 2. The number of hydrogen-bond acceptors (Lipinski definition) is 3. The second-order valence-electron chi connectivity index (χ2n) is 10.1. The summed E-state index contributed by atoms with van der Waals surface area (Å²) in [6, 6.07) is 10.3. The monoisotopic (exact) mass is 514 g/mol. The summed E-state index contributed by atoms with van der Waals surface area (Å²) in [7, 11) is 0. The van der Waals surface area contributed by atoms with E-state index in [4.69, 9.17) is 11.6 Å². The highest BCUT2D eigenvalue weighted by Gasteiger charge is 2.67. The molecule has 1 N–H and O–H groups in total. The van der Waals surface area contributed by atoms with Crippen molar-refractivity contribution in [3.05, 3.63) is 76.8 Å². The number of nitrogens with one attached hydrogen (secondary N) is 1. The van der Waals surface area contributed by atoms with Crippen LogP contribution < -0.4 is 5.32 Å². The molecule has 1 saturated heterocycles. The predicted molar refractivity (Wildman–Crippen MR) is 126 cm³/mol. The van der Waals surface area contributed by atoms with Crippen LogP contribution in [0.2, 0.25) is 5.02 Å². The van der Waals surface area contributed by atoms with Crippen LogP contribution in [0.1, 0.15) is 17.5 Å². The van der Waals surface area contributed by atoms with Gasteiger partial charge in [0.2, 0.25) is 17.7 Å². The second kappa shape index (κ2) is 8.20. The van der Waals surface area contributed by atoms with Crippen LogP contribution >= 0.6 is 11.6 Å². The Morgan fingerprint density at radius 1 is 1.00 bits per heavy atom. The van der Waals surface area contributed by atoms with Crippen molar-refractivity contribution in [2.24, 2.45) is 35.5 Å². The Balaban J connectivity index is 1.34. The topological polar surface area (TPSA) is 66.5 Å². The van der Waals surface area contributed by atoms with E-state index >= 15 is 0 Å². The van der Waals surface area contributed by atoms with Crippen LogP contribution in [-0.2, 0) is 27.0 Å². The first-order chi connectivity index (χ1) is 17.1. The van der Waals surface area contributed by atoms with Crippen molar-refractivity contribution in [3.8, 4) is 0 Å². The molecule has 9 heteroatoms. The van der Waals surface area contributed by atoms with Gasteiger partial charge in [-0.15, -0.1) is 0 Å². The molecule has 2 aromatic rings. The van der Waals surface area contributed by atoms with Gasteiger partial charge in [0.25, 0.3) is 0 Å². The molecule has 1 aliphatic heterocycles. The minimum atomic E-state index is -4.63. The zero-order valence-electron chi connectivity index (χ0n) is 18.9. The average molecular weight is 515 g/mol. The van der Waals surface area contributed by atoms with Gasteiger partial charge >= 0.3 is 6.18 Å². The lowest BCUT2D eigenvalue weighted by Crippen LogP contribution is -2.49. The quantitative estimate of drug-likeness (QED) is 0.453. The Kier molecular flexibility index (Phi) is 5.30. The van der Waals surface area contributed by atoms with E-state index in [2.05, 4.69) is 5.32 Å². The molecule has 2 saturated carbocycles. The van der Waals surface area contributed by atoms with Crippen molar-refractivity contribution in [1.82, 2.24) is 4.90 Å². The van der Waals surface area contributed by atoms with Gasteiger partial charge in [0.15, 0.2) is 0 Å². The summed E-state index contributed by atoms with van der Waals surface area (Å²) in [5, 5.41) is 2.39. The van der Waals surface area contributed by atoms with Crippen molar-refractivity contribution in [1.29, 1.82) is 0 Å². The first-order valence-corrected chi connectivity index (χ1v) is 12.3. The van der Waals surface area contributed by atoms with Gasteiger partial charge in [-0.1, -0.05) is 54.1 Å². The molecule has 36 heavy (non-hydrogen) atoms. The third-order valence-electron chi connectivity index (χ3n) is 8.13. The third kappa shape index (κ3) is 3.65. The van der Waals surface area contributed by atoms with Crippen molar-refractivity contribution >= 4 is 35.0 Å². The number of likely N-dealkylation sites (tertiary alicyclic amines) is 1. The number of rotatable bonds is 5. The first kappa shape index (κ1) is 23.3. The minimum absolute atomic E-state index is 0.00945. The largest absolute Gasteiger partial charge is 0.416 e. The van der Waals surface area contributed by atoms with Gasteiger partial charge in [0, 0.05) is 6.42 Å². The maximum absolute atomic E-state index is 13.7. The Hall–Kier alpha value is -3.13. The zero-order valence-corrected chi connectivity index (χ0v) is 19.7. The van der Waals surface area contributed by atoms with Gasteiger partial charge in [0.1, 0.15) is 6.04 Å². The lowest BCUT2D eigenvalue weighted by molar-refractivity contribution is -0.146. The number of hydrogen-bond donors (Lipinski definition) is 1. The van der Waals surface area contributed by atoms with Crippen LogP contribution in [0, 0.1) is 35.5 Å². The fraction of sp³-hybridized carbons (Fsp3) is 0.370. The molecule has 2 aromatic carbocycles. The molecule has 0 aromatic heterocycles. The Morgan fingerprint density at radius 2 is 1.61 bits per heavy atom. The SMILES string of the molecule is O=C(Nc1cc(C(F)(F)F)ccc1Cl)[C@@H](Cc1ccccc1)N1C(=O)[C@@H]2[C@@H]3C=C[C@H]([C@H]4C[C@H]34)[C@@H]2C1=O. The molecule has 7 rings (SSSR count). The number of nitrogens with zero attached hydrogens (tertiary/aromatic N) is 1. The highest BCUT2D eigenvalue weighted by Crippen LogP contribution is 2.65. The van der Waals surface area contributed by atoms with E-state index in [9.17, 15) is 27.6 Å². The molecule has 5 nitrogen and oxygen atoms in total. The van der Waals surface area contributed by atoms with Crippen LogP contribution in [0.25, 0.3) is 0 Å². The van der Waals surface area contributed by atoms with E-state index in [1.165, 1.54) is 0 Å². The second-order valence-corrected chi connectivity index (χ2v) is 10.5. The third-order valence-corrected chi connectivity index (χ3v) is 8.46. The molecule has 3 amide bonds. The van der Waals surface area contributed by atoms with E-state index in [-0.39, 0.29) is 40.8 Å². The first-order valence-electron chi connectivity index (χ1n) is 11.9. The van der Waals surface area contributed by atoms with E-state index in [0.717, 1.165) is 29.5 Å². The predicted octanol–water partition coefficient (Wildman–Crippen LogP) is 4.96. The summed E-state index contributed by atoms with van der Waals surface area (Å²) in [5.41, 5.74) is -0.482. The lowest BCUT2D eigenvalue weighted by atomic mass is 9.63. The molecule has 1 heterocycles. The van der Waals surface area contributed by atoms with Crippen molar-refractivity contribution in [3.63, 3.8) is 0 Å². The van der Waals surface area contributed by atoms with Crippen LogP contribution in [0.5, 0.6) is 0 Å².